The lowest BCUT2D eigenvalue weighted by atomic mass is 9.69. The Labute approximate surface area is 109 Å². The Bertz CT molecular complexity index is 429. The quantitative estimate of drug-likeness (QED) is 0.798. The van der Waals surface area contributed by atoms with E-state index < -0.39 is 0 Å². The van der Waals surface area contributed by atoms with Crippen molar-refractivity contribution in [2.45, 2.75) is 26.2 Å². The summed E-state index contributed by atoms with van der Waals surface area (Å²) in [4.78, 5) is 2.16. The SMILES string of the molecule is CCOc1ccc(N(C)CC2(C#N)CCC2)cc1. The van der Waals surface area contributed by atoms with Crippen LogP contribution in [0.3, 0.4) is 0 Å². The molecule has 0 unspecified atom stereocenters. The molecule has 1 aromatic carbocycles. The molecule has 1 aromatic rings. The van der Waals surface area contributed by atoms with Gasteiger partial charge in [0, 0.05) is 19.3 Å². The van der Waals surface area contributed by atoms with E-state index in [1.165, 1.54) is 6.42 Å². The molecule has 96 valence electrons. The first-order valence-corrected chi connectivity index (χ1v) is 6.54. The van der Waals surface area contributed by atoms with Crippen molar-refractivity contribution in [3.8, 4) is 11.8 Å². The molecule has 0 amide bonds. The maximum atomic E-state index is 9.25. The molecule has 0 bridgehead atoms. The van der Waals surface area contributed by atoms with Crippen LogP contribution in [0.1, 0.15) is 26.2 Å². The third-order valence-electron chi connectivity index (χ3n) is 3.68. The Balaban J connectivity index is 2.00. The fraction of sp³-hybridized carbons (Fsp3) is 0.533. The topological polar surface area (TPSA) is 36.3 Å². The van der Waals surface area contributed by atoms with Gasteiger partial charge in [-0.25, -0.2) is 0 Å². The molecule has 0 N–H and O–H groups in total. The molecule has 0 aliphatic heterocycles. The fourth-order valence-corrected chi connectivity index (χ4v) is 2.42. The maximum Gasteiger partial charge on any atom is 0.119 e. The lowest BCUT2D eigenvalue weighted by Gasteiger charge is -2.39. The van der Waals surface area contributed by atoms with Gasteiger partial charge in [-0.2, -0.15) is 5.26 Å². The first-order chi connectivity index (χ1) is 8.69. The van der Waals surface area contributed by atoms with Crippen LogP contribution in [-0.4, -0.2) is 20.2 Å². The number of nitrogens with zero attached hydrogens (tertiary/aromatic N) is 2. The summed E-state index contributed by atoms with van der Waals surface area (Å²) in [6, 6.07) is 10.5. The number of anilines is 1. The molecule has 0 spiro atoms. The van der Waals surface area contributed by atoms with Gasteiger partial charge in [0.1, 0.15) is 5.75 Å². The summed E-state index contributed by atoms with van der Waals surface area (Å²) < 4.78 is 5.42. The van der Waals surface area contributed by atoms with E-state index in [9.17, 15) is 5.26 Å². The van der Waals surface area contributed by atoms with Crippen LogP contribution in [0.4, 0.5) is 5.69 Å². The van der Waals surface area contributed by atoms with Crippen molar-refractivity contribution < 1.29 is 4.74 Å². The Kier molecular flexibility index (Phi) is 3.76. The number of rotatable bonds is 5. The molecule has 2 rings (SSSR count). The normalized spacial score (nSPS) is 16.5. The van der Waals surface area contributed by atoms with Crippen molar-refractivity contribution in [3.05, 3.63) is 24.3 Å². The number of hydrogen-bond acceptors (Lipinski definition) is 3. The fourth-order valence-electron chi connectivity index (χ4n) is 2.42. The highest BCUT2D eigenvalue weighted by Gasteiger charge is 2.38. The van der Waals surface area contributed by atoms with E-state index in [1.54, 1.807) is 0 Å². The summed E-state index contributed by atoms with van der Waals surface area (Å²) >= 11 is 0. The van der Waals surface area contributed by atoms with Crippen LogP contribution >= 0.6 is 0 Å². The van der Waals surface area contributed by atoms with Crippen LogP contribution in [0.25, 0.3) is 0 Å². The van der Waals surface area contributed by atoms with E-state index >= 15 is 0 Å². The summed E-state index contributed by atoms with van der Waals surface area (Å²) in [5, 5.41) is 9.25. The second-order valence-electron chi connectivity index (χ2n) is 5.03. The van der Waals surface area contributed by atoms with Crippen molar-refractivity contribution in [1.29, 1.82) is 5.26 Å². The molecule has 1 fully saturated rings. The highest BCUT2D eigenvalue weighted by Crippen LogP contribution is 2.41. The van der Waals surface area contributed by atoms with Crippen LogP contribution in [0.15, 0.2) is 24.3 Å². The minimum absolute atomic E-state index is 0.118. The minimum atomic E-state index is -0.118. The zero-order valence-electron chi connectivity index (χ0n) is 11.1. The molecule has 1 aliphatic carbocycles. The van der Waals surface area contributed by atoms with Crippen LogP contribution in [0.5, 0.6) is 5.75 Å². The van der Waals surface area contributed by atoms with Gasteiger partial charge in [-0.05, 0) is 44.0 Å². The standard InChI is InChI=1S/C15H20N2O/c1-3-18-14-7-5-13(6-8-14)17(2)12-15(11-16)9-4-10-15/h5-8H,3-4,9-10,12H2,1-2H3. The van der Waals surface area contributed by atoms with Gasteiger partial charge in [-0.3, -0.25) is 0 Å². The summed E-state index contributed by atoms with van der Waals surface area (Å²) in [6.07, 6.45) is 3.25. The molecule has 3 heteroatoms. The number of ether oxygens (including phenoxy) is 1. The zero-order chi connectivity index (χ0) is 13.0. The number of benzene rings is 1. The van der Waals surface area contributed by atoms with Gasteiger partial charge >= 0.3 is 0 Å². The van der Waals surface area contributed by atoms with Crippen LogP contribution in [0, 0.1) is 16.7 Å². The van der Waals surface area contributed by atoms with E-state index in [-0.39, 0.29) is 5.41 Å². The number of hydrogen-bond donors (Lipinski definition) is 0. The van der Waals surface area contributed by atoms with E-state index in [4.69, 9.17) is 4.74 Å². The van der Waals surface area contributed by atoms with Gasteiger partial charge in [-0.15, -0.1) is 0 Å². The third-order valence-corrected chi connectivity index (χ3v) is 3.68. The van der Waals surface area contributed by atoms with Crippen molar-refractivity contribution in [2.75, 3.05) is 25.1 Å². The average molecular weight is 244 g/mol. The van der Waals surface area contributed by atoms with Crippen LogP contribution in [0.2, 0.25) is 0 Å². The predicted octanol–water partition coefficient (Wildman–Crippen LogP) is 3.22. The molecule has 18 heavy (non-hydrogen) atoms. The first-order valence-electron chi connectivity index (χ1n) is 6.54. The molecule has 1 saturated carbocycles. The summed E-state index contributed by atoms with van der Waals surface area (Å²) in [5.74, 6) is 0.897. The van der Waals surface area contributed by atoms with Gasteiger partial charge < -0.3 is 9.64 Å². The van der Waals surface area contributed by atoms with E-state index in [0.717, 1.165) is 30.8 Å². The van der Waals surface area contributed by atoms with Gasteiger partial charge in [0.05, 0.1) is 18.1 Å². The highest BCUT2D eigenvalue weighted by molar-refractivity contribution is 5.49. The van der Waals surface area contributed by atoms with Crippen molar-refractivity contribution in [1.82, 2.24) is 0 Å². The summed E-state index contributed by atoms with van der Waals surface area (Å²) in [7, 11) is 2.05. The maximum absolute atomic E-state index is 9.25. The monoisotopic (exact) mass is 244 g/mol. The zero-order valence-corrected chi connectivity index (χ0v) is 11.1. The second-order valence-corrected chi connectivity index (χ2v) is 5.03. The predicted molar refractivity (Wildman–Crippen MR) is 72.8 cm³/mol. The lowest BCUT2D eigenvalue weighted by Crippen LogP contribution is -2.39. The Morgan fingerprint density at radius 1 is 1.33 bits per heavy atom. The first kappa shape index (κ1) is 12.8. The van der Waals surface area contributed by atoms with Crippen molar-refractivity contribution in [3.63, 3.8) is 0 Å². The molecular weight excluding hydrogens is 224 g/mol. The van der Waals surface area contributed by atoms with Gasteiger partial charge in [-0.1, -0.05) is 6.42 Å². The summed E-state index contributed by atoms with van der Waals surface area (Å²) in [5.41, 5.74) is 1.02. The van der Waals surface area contributed by atoms with Crippen LogP contribution < -0.4 is 9.64 Å². The Hall–Kier alpha value is -1.69. The Morgan fingerprint density at radius 2 is 2.00 bits per heavy atom. The van der Waals surface area contributed by atoms with Crippen molar-refractivity contribution in [2.24, 2.45) is 5.41 Å². The molecule has 3 nitrogen and oxygen atoms in total. The molecule has 0 atom stereocenters. The molecule has 0 heterocycles. The molecule has 0 aromatic heterocycles. The highest BCUT2D eigenvalue weighted by atomic mass is 16.5. The third kappa shape index (κ3) is 2.59. The van der Waals surface area contributed by atoms with E-state index in [0.29, 0.717) is 6.61 Å². The lowest BCUT2D eigenvalue weighted by molar-refractivity contribution is 0.223. The molecular formula is C15H20N2O. The minimum Gasteiger partial charge on any atom is -0.494 e. The second kappa shape index (κ2) is 5.30. The molecule has 1 aliphatic rings. The van der Waals surface area contributed by atoms with E-state index in [1.807, 2.05) is 26.1 Å². The Morgan fingerprint density at radius 3 is 2.44 bits per heavy atom. The van der Waals surface area contributed by atoms with Crippen molar-refractivity contribution >= 4 is 5.69 Å². The van der Waals surface area contributed by atoms with Gasteiger partial charge in [0.25, 0.3) is 0 Å². The largest absolute Gasteiger partial charge is 0.494 e. The van der Waals surface area contributed by atoms with Gasteiger partial charge in [0.15, 0.2) is 0 Å². The molecule has 0 saturated heterocycles. The van der Waals surface area contributed by atoms with E-state index in [2.05, 4.69) is 23.1 Å². The molecule has 0 radical (unpaired) electrons. The average Bonchev–Trinajstić information content (AvgIpc) is 2.35. The number of nitriles is 1. The smallest absolute Gasteiger partial charge is 0.119 e. The van der Waals surface area contributed by atoms with Gasteiger partial charge in [0.2, 0.25) is 0 Å². The van der Waals surface area contributed by atoms with Crippen LogP contribution in [-0.2, 0) is 0 Å². The summed E-state index contributed by atoms with van der Waals surface area (Å²) in [6.45, 7) is 3.48.